The highest BCUT2D eigenvalue weighted by atomic mass is 35.5. The summed E-state index contributed by atoms with van der Waals surface area (Å²) in [5.41, 5.74) is 9.56. The maximum Gasteiger partial charge on any atom is 0.229 e. The first-order valence-electron chi connectivity index (χ1n) is 5.66. The van der Waals surface area contributed by atoms with Crippen molar-refractivity contribution in [1.82, 2.24) is 4.98 Å². The number of nitrogen functional groups attached to an aromatic ring is 1. The van der Waals surface area contributed by atoms with Gasteiger partial charge >= 0.3 is 0 Å². The smallest absolute Gasteiger partial charge is 0.229 e. The molecule has 3 rings (SSSR count). The van der Waals surface area contributed by atoms with Crippen LogP contribution in [0.2, 0.25) is 10.0 Å². The van der Waals surface area contributed by atoms with E-state index in [4.69, 9.17) is 33.4 Å². The molecule has 0 aliphatic heterocycles. The minimum atomic E-state index is 0.390. The third kappa shape index (κ3) is 2.15. The summed E-state index contributed by atoms with van der Waals surface area (Å²) in [4.78, 5) is 4.42. The van der Waals surface area contributed by atoms with Gasteiger partial charge in [0.15, 0.2) is 5.58 Å². The van der Waals surface area contributed by atoms with Crippen LogP contribution in [0.15, 0.2) is 34.7 Å². The number of halogens is 2. The fourth-order valence-corrected chi connectivity index (χ4v) is 2.41. The van der Waals surface area contributed by atoms with Crippen molar-refractivity contribution < 1.29 is 4.42 Å². The van der Waals surface area contributed by atoms with Gasteiger partial charge in [-0.15, -0.1) is 0 Å². The van der Waals surface area contributed by atoms with E-state index in [1.165, 1.54) is 0 Å². The number of hydrogen-bond donors (Lipinski definition) is 1. The second-order valence-electron chi connectivity index (χ2n) is 4.34. The molecule has 19 heavy (non-hydrogen) atoms. The SMILES string of the molecule is Cc1ccc2oc(-c3cc(Cl)cc(Cl)c3N)nc2c1. The van der Waals surface area contributed by atoms with E-state index in [0.29, 0.717) is 32.8 Å². The van der Waals surface area contributed by atoms with Crippen LogP contribution < -0.4 is 5.73 Å². The zero-order valence-corrected chi connectivity index (χ0v) is 11.6. The highest BCUT2D eigenvalue weighted by Crippen LogP contribution is 2.35. The van der Waals surface area contributed by atoms with E-state index in [1.807, 2.05) is 25.1 Å². The van der Waals surface area contributed by atoms with E-state index < -0.39 is 0 Å². The molecule has 0 aliphatic carbocycles. The second-order valence-corrected chi connectivity index (χ2v) is 5.18. The summed E-state index contributed by atoms with van der Waals surface area (Å²) in [6.07, 6.45) is 0. The van der Waals surface area contributed by atoms with Gasteiger partial charge in [-0.25, -0.2) is 4.98 Å². The number of aromatic nitrogens is 1. The maximum absolute atomic E-state index is 6.01. The van der Waals surface area contributed by atoms with Crippen molar-refractivity contribution in [2.45, 2.75) is 6.92 Å². The molecule has 0 bridgehead atoms. The van der Waals surface area contributed by atoms with Crippen LogP contribution in [-0.2, 0) is 0 Å². The van der Waals surface area contributed by atoms with Gasteiger partial charge in [-0.2, -0.15) is 0 Å². The van der Waals surface area contributed by atoms with Crippen LogP contribution in [0.1, 0.15) is 5.56 Å². The Morgan fingerprint density at radius 2 is 1.95 bits per heavy atom. The first-order chi connectivity index (χ1) is 9.04. The number of nitrogens with two attached hydrogens (primary N) is 1. The first-order valence-corrected chi connectivity index (χ1v) is 6.42. The molecule has 3 nitrogen and oxygen atoms in total. The molecule has 5 heteroatoms. The van der Waals surface area contributed by atoms with Crippen LogP contribution in [-0.4, -0.2) is 4.98 Å². The Balaban J connectivity index is 2.24. The van der Waals surface area contributed by atoms with Crippen molar-refractivity contribution in [1.29, 1.82) is 0 Å². The number of hydrogen-bond acceptors (Lipinski definition) is 3. The molecule has 0 spiro atoms. The van der Waals surface area contributed by atoms with Crippen LogP contribution in [0.5, 0.6) is 0 Å². The normalized spacial score (nSPS) is 11.1. The molecule has 2 N–H and O–H groups in total. The minimum absolute atomic E-state index is 0.390. The lowest BCUT2D eigenvalue weighted by Gasteiger charge is -2.04. The molecular formula is C14H10Cl2N2O. The monoisotopic (exact) mass is 292 g/mol. The Morgan fingerprint density at radius 1 is 1.16 bits per heavy atom. The number of rotatable bonds is 1. The van der Waals surface area contributed by atoms with Crippen molar-refractivity contribution in [2.24, 2.45) is 0 Å². The number of anilines is 1. The van der Waals surface area contributed by atoms with E-state index >= 15 is 0 Å². The largest absolute Gasteiger partial charge is 0.436 e. The summed E-state index contributed by atoms with van der Waals surface area (Å²) >= 11 is 12.0. The second kappa shape index (κ2) is 4.44. The van der Waals surface area contributed by atoms with E-state index in [2.05, 4.69) is 4.98 Å². The fourth-order valence-electron chi connectivity index (χ4n) is 1.91. The molecule has 1 aromatic heterocycles. The van der Waals surface area contributed by atoms with E-state index in [0.717, 1.165) is 11.1 Å². The molecule has 2 aromatic carbocycles. The summed E-state index contributed by atoms with van der Waals surface area (Å²) in [6, 6.07) is 9.08. The molecule has 0 aliphatic rings. The molecule has 1 heterocycles. The molecule has 3 aromatic rings. The van der Waals surface area contributed by atoms with Gasteiger partial charge in [0.2, 0.25) is 5.89 Å². The highest BCUT2D eigenvalue weighted by molar-refractivity contribution is 6.37. The number of benzene rings is 2. The number of nitrogens with zero attached hydrogens (tertiary/aromatic N) is 1. The fraction of sp³-hybridized carbons (Fsp3) is 0.0714. The Labute approximate surface area is 119 Å². The molecule has 0 amide bonds. The maximum atomic E-state index is 6.01. The third-order valence-corrected chi connectivity index (χ3v) is 3.40. The van der Waals surface area contributed by atoms with E-state index in [-0.39, 0.29) is 0 Å². The lowest BCUT2D eigenvalue weighted by atomic mass is 10.2. The molecule has 0 fully saturated rings. The van der Waals surface area contributed by atoms with Gasteiger partial charge in [-0.1, -0.05) is 29.3 Å². The Hall–Kier alpha value is -1.71. The lowest BCUT2D eigenvalue weighted by molar-refractivity contribution is 0.620. The molecule has 0 saturated heterocycles. The molecule has 0 radical (unpaired) electrons. The van der Waals surface area contributed by atoms with Crippen LogP contribution >= 0.6 is 23.2 Å². The summed E-state index contributed by atoms with van der Waals surface area (Å²) < 4.78 is 5.69. The van der Waals surface area contributed by atoms with Gasteiger partial charge in [0.1, 0.15) is 5.52 Å². The topological polar surface area (TPSA) is 52.0 Å². The summed E-state index contributed by atoms with van der Waals surface area (Å²) in [7, 11) is 0. The van der Waals surface area contributed by atoms with E-state index in [1.54, 1.807) is 12.1 Å². The summed E-state index contributed by atoms with van der Waals surface area (Å²) in [5.74, 6) is 0.419. The van der Waals surface area contributed by atoms with Crippen LogP contribution in [0, 0.1) is 6.92 Å². The van der Waals surface area contributed by atoms with Gasteiger partial charge < -0.3 is 10.2 Å². The standard InChI is InChI=1S/C14H10Cl2N2O/c1-7-2-3-12-11(4-7)18-14(19-12)9-5-8(15)6-10(16)13(9)17/h2-6H,17H2,1H3. The Kier molecular flexibility index (Phi) is 2.88. The number of oxazole rings is 1. The molecule has 0 unspecified atom stereocenters. The lowest BCUT2D eigenvalue weighted by Crippen LogP contribution is -1.91. The van der Waals surface area contributed by atoms with Crippen molar-refractivity contribution in [3.63, 3.8) is 0 Å². The van der Waals surface area contributed by atoms with Gasteiger partial charge in [0.05, 0.1) is 16.3 Å². The molecular weight excluding hydrogens is 283 g/mol. The van der Waals surface area contributed by atoms with Crippen molar-refractivity contribution in [3.8, 4) is 11.5 Å². The number of fused-ring (bicyclic) bond motifs is 1. The summed E-state index contributed by atoms with van der Waals surface area (Å²) in [5, 5.41) is 0.883. The first kappa shape index (κ1) is 12.3. The van der Waals surface area contributed by atoms with Crippen LogP contribution in [0.25, 0.3) is 22.6 Å². The third-order valence-electron chi connectivity index (χ3n) is 2.87. The van der Waals surface area contributed by atoms with Crippen LogP contribution in [0.4, 0.5) is 5.69 Å². The van der Waals surface area contributed by atoms with Gasteiger partial charge in [0.25, 0.3) is 0 Å². The number of aryl methyl sites for hydroxylation is 1. The van der Waals surface area contributed by atoms with Gasteiger partial charge in [-0.05, 0) is 36.8 Å². The predicted molar refractivity (Wildman–Crippen MR) is 78.6 cm³/mol. The van der Waals surface area contributed by atoms with Gasteiger partial charge in [-0.3, -0.25) is 0 Å². The van der Waals surface area contributed by atoms with Crippen molar-refractivity contribution >= 4 is 40.0 Å². The predicted octanol–water partition coefficient (Wildman–Crippen LogP) is 4.69. The minimum Gasteiger partial charge on any atom is -0.436 e. The average molecular weight is 293 g/mol. The Bertz CT molecular complexity index is 780. The average Bonchev–Trinajstić information content (AvgIpc) is 2.76. The van der Waals surface area contributed by atoms with Crippen molar-refractivity contribution in [2.75, 3.05) is 5.73 Å². The molecule has 96 valence electrons. The van der Waals surface area contributed by atoms with Crippen molar-refractivity contribution in [3.05, 3.63) is 45.9 Å². The highest BCUT2D eigenvalue weighted by Gasteiger charge is 2.14. The molecule has 0 saturated carbocycles. The zero-order chi connectivity index (χ0) is 13.6. The van der Waals surface area contributed by atoms with E-state index in [9.17, 15) is 0 Å². The van der Waals surface area contributed by atoms with Crippen LogP contribution in [0.3, 0.4) is 0 Å². The quantitative estimate of drug-likeness (QED) is 0.662. The van der Waals surface area contributed by atoms with Gasteiger partial charge in [0, 0.05) is 5.02 Å². The zero-order valence-electron chi connectivity index (χ0n) is 10.1. The Morgan fingerprint density at radius 3 is 2.74 bits per heavy atom. The summed E-state index contributed by atoms with van der Waals surface area (Å²) in [6.45, 7) is 2.00. The molecule has 0 atom stereocenters.